The van der Waals surface area contributed by atoms with E-state index in [1.165, 1.54) is 25.3 Å². The molecule has 4 bridgehead atoms. The lowest BCUT2D eigenvalue weighted by molar-refractivity contribution is -0.0747. The number of hydrogen-bond donors (Lipinski definition) is 0. The Morgan fingerprint density at radius 3 is 2.06 bits per heavy atom. The summed E-state index contributed by atoms with van der Waals surface area (Å²) in [5, 5.41) is 0. The fourth-order valence-corrected chi connectivity index (χ4v) is 6.71. The normalized spacial score (nSPS) is 35.2. The van der Waals surface area contributed by atoms with Crippen LogP contribution in [0.5, 0.6) is 5.75 Å². The number of ether oxygens (including phenoxy) is 2. The van der Waals surface area contributed by atoms with Crippen LogP contribution < -0.4 is 4.74 Å². The Hall–Kier alpha value is -1.72. The molecular formula is C25H31F3O3. The summed E-state index contributed by atoms with van der Waals surface area (Å²) in [6.45, 7) is 5.48. The van der Waals surface area contributed by atoms with Gasteiger partial charge in [-0.05, 0) is 83.1 Å². The molecule has 5 fully saturated rings. The number of hydrogen-bond acceptors (Lipinski definition) is 3. The highest BCUT2D eigenvalue weighted by Crippen LogP contribution is 2.61. The molecule has 5 aliphatic rings. The van der Waals surface area contributed by atoms with E-state index < -0.39 is 29.2 Å². The third-order valence-corrected chi connectivity index (χ3v) is 7.62. The van der Waals surface area contributed by atoms with E-state index in [9.17, 15) is 18.0 Å². The molecule has 0 aromatic heterocycles. The molecule has 1 aromatic carbocycles. The zero-order chi connectivity index (χ0) is 22.2. The SMILES string of the molecule is CC(C)(C)OC(=O)c1cc(C2CC2(F)F)c(OCC23CC4CC(CC(C4)C2)C3)cc1F. The molecule has 3 nitrogen and oxygen atoms in total. The van der Waals surface area contributed by atoms with Crippen molar-refractivity contribution in [3.8, 4) is 5.75 Å². The summed E-state index contributed by atoms with van der Waals surface area (Å²) in [6.07, 6.45) is 6.96. The molecule has 1 atom stereocenters. The largest absolute Gasteiger partial charge is 0.493 e. The summed E-state index contributed by atoms with van der Waals surface area (Å²) in [6, 6.07) is 2.34. The van der Waals surface area contributed by atoms with Gasteiger partial charge in [-0.1, -0.05) is 0 Å². The van der Waals surface area contributed by atoms with Gasteiger partial charge in [0.1, 0.15) is 17.2 Å². The first-order chi connectivity index (χ1) is 14.4. The van der Waals surface area contributed by atoms with Crippen molar-refractivity contribution < 1.29 is 27.4 Å². The van der Waals surface area contributed by atoms with Crippen LogP contribution in [0.2, 0.25) is 0 Å². The molecule has 5 aliphatic carbocycles. The van der Waals surface area contributed by atoms with Crippen molar-refractivity contribution in [1.29, 1.82) is 0 Å². The molecule has 0 heterocycles. The van der Waals surface area contributed by atoms with Gasteiger partial charge in [0.2, 0.25) is 0 Å². The van der Waals surface area contributed by atoms with E-state index in [0.29, 0.717) is 6.61 Å². The molecule has 0 radical (unpaired) electrons. The van der Waals surface area contributed by atoms with Crippen molar-refractivity contribution in [3.63, 3.8) is 0 Å². The highest BCUT2D eigenvalue weighted by Gasteiger charge is 2.59. The van der Waals surface area contributed by atoms with Crippen LogP contribution in [0.1, 0.15) is 87.6 Å². The van der Waals surface area contributed by atoms with Crippen molar-refractivity contribution in [1.82, 2.24) is 0 Å². The minimum absolute atomic E-state index is 0.0817. The third kappa shape index (κ3) is 4.07. The molecule has 0 aliphatic heterocycles. The highest BCUT2D eigenvalue weighted by atomic mass is 19.3. The first kappa shape index (κ1) is 21.1. The number of esters is 1. The average Bonchev–Trinajstić information content (AvgIpc) is 3.25. The van der Waals surface area contributed by atoms with E-state index in [-0.39, 0.29) is 28.7 Å². The quantitative estimate of drug-likeness (QED) is 0.494. The maximum absolute atomic E-state index is 14.8. The molecule has 31 heavy (non-hydrogen) atoms. The molecule has 0 N–H and O–H groups in total. The predicted octanol–water partition coefficient (Wildman–Crippen LogP) is 6.50. The summed E-state index contributed by atoms with van der Waals surface area (Å²) >= 11 is 0. The zero-order valence-electron chi connectivity index (χ0n) is 18.5. The van der Waals surface area contributed by atoms with Gasteiger partial charge in [0.05, 0.1) is 18.1 Å². The van der Waals surface area contributed by atoms with Crippen LogP contribution in [0.3, 0.4) is 0 Å². The number of alkyl halides is 2. The Morgan fingerprint density at radius 1 is 1.03 bits per heavy atom. The van der Waals surface area contributed by atoms with Crippen LogP contribution in [0, 0.1) is 29.0 Å². The predicted molar refractivity (Wildman–Crippen MR) is 110 cm³/mol. The van der Waals surface area contributed by atoms with Gasteiger partial charge in [-0.25, -0.2) is 18.0 Å². The van der Waals surface area contributed by atoms with Crippen molar-refractivity contribution in [2.24, 2.45) is 23.2 Å². The Morgan fingerprint density at radius 2 is 1.58 bits per heavy atom. The number of rotatable bonds is 5. The van der Waals surface area contributed by atoms with E-state index in [1.54, 1.807) is 20.8 Å². The molecule has 0 saturated heterocycles. The maximum atomic E-state index is 14.8. The van der Waals surface area contributed by atoms with Crippen molar-refractivity contribution in [2.75, 3.05) is 6.61 Å². The molecule has 0 amide bonds. The summed E-state index contributed by atoms with van der Waals surface area (Å²) < 4.78 is 54.1. The third-order valence-electron chi connectivity index (χ3n) is 7.62. The van der Waals surface area contributed by atoms with Crippen LogP contribution in [0.25, 0.3) is 0 Å². The lowest BCUT2D eigenvalue weighted by atomic mass is 9.50. The Balaban J connectivity index is 1.40. The van der Waals surface area contributed by atoms with Gasteiger partial charge in [0.25, 0.3) is 5.92 Å². The second-order valence-electron chi connectivity index (χ2n) is 11.6. The monoisotopic (exact) mass is 436 g/mol. The number of halogens is 3. The number of benzene rings is 1. The summed E-state index contributed by atoms with van der Waals surface area (Å²) in [5.74, 6) is -3.13. The maximum Gasteiger partial charge on any atom is 0.341 e. The molecule has 5 saturated carbocycles. The molecule has 1 aromatic rings. The topological polar surface area (TPSA) is 35.5 Å². The Kier molecular flexibility index (Phi) is 4.70. The van der Waals surface area contributed by atoms with Gasteiger partial charge < -0.3 is 9.47 Å². The van der Waals surface area contributed by atoms with Crippen LogP contribution >= 0.6 is 0 Å². The van der Waals surface area contributed by atoms with Gasteiger partial charge in [0.15, 0.2) is 0 Å². The molecule has 0 spiro atoms. The first-order valence-electron chi connectivity index (χ1n) is 11.5. The van der Waals surface area contributed by atoms with Crippen molar-refractivity contribution >= 4 is 5.97 Å². The molecule has 1 unspecified atom stereocenters. The number of carbonyl (C=O) groups is 1. The van der Waals surface area contributed by atoms with Crippen LogP contribution in [-0.2, 0) is 4.74 Å². The number of carbonyl (C=O) groups excluding carboxylic acids is 1. The van der Waals surface area contributed by atoms with Gasteiger partial charge in [-0.15, -0.1) is 0 Å². The van der Waals surface area contributed by atoms with Crippen LogP contribution in [0.15, 0.2) is 12.1 Å². The van der Waals surface area contributed by atoms with Gasteiger partial charge in [0, 0.05) is 23.5 Å². The van der Waals surface area contributed by atoms with Crippen molar-refractivity contribution in [3.05, 3.63) is 29.1 Å². The summed E-state index contributed by atoms with van der Waals surface area (Å²) in [4.78, 5) is 12.4. The van der Waals surface area contributed by atoms with E-state index in [4.69, 9.17) is 9.47 Å². The minimum atomic E-state index is -2.85. The van der Waals surface area contributed by atoms with Gasteiger partial charge >= 0.3 is 5.97 Å². The molecule has 6 heteroatoms. The van der Waals surface area contributed by atoms with Crippen LogP contribution in [-0.4, -0.2) is 24.1 Å². The first-order valence-corrected chi connectivity index (χ1v) is 11.5. The molecule has 6 rings (SSSR count). The zero-order valence-corrected chi connectivity index (χ0v) is 18.5. The lowest BCUT2D eigenvalue weighted by Gasteiger charge is -2.56. The van der Waals surface area contributed by atoms with E-state index in [2.05, 4.69) is 0 Å². The summed E-state index contributed by atoms with van der Waals surface area (Å²) in [5.41, 5.74) is -0.814. The lowest BCUT2D eigenvalue weighted by Crippen LogP contribution is -2.48. The fourth-order valence-electron chi connectivity index (χ4n) is 6.71. The van der Waals surface area contributed by atoms with Gasteiger partial charge in [-0.3, -0.25) is 0 Å². The van der Waals surface area contributed by atoms with Gasteiger partial charge in [-0.2, -0.15) is 0 Å². The fraction of sp³-hybridized carbons (Fsp3) is 0.720. The van der Waals surface area contributed by atoms with E-state index >= 15 is 0 Å². The second-order valence-corrected chi connectivity index (χ2v) is 11.6. The standard InChI is InChI=1S/C25H31F3O3/c1-23(2,3)31-22(29)18-7-17(19-12-25(19,27)28)21(8-20(18)26)30-13-24-9-14-4-15(10-24)6-16(5-14)11-24/h7-8,14-16,19H,4-6,9-13H2,1-3H3. The molecular weight excluding hydrogens is 405 g/mol. The second kappa shape index (κ2) is 6.89. The summed E-state index contributed by atoms with van der Waals surface area (Å²) in [7, 11) is 0. The minimum Gasteiger partial charge on any atom is -0.493 e. The average molecular weight is 437 g/mol. The van der Waals surface area contributed by atoms with E-state index in [0.717, 1.165) is 43.1 Å². The van der Waals surface area contributed by atoms with Crippen molar-refractivity contribution in [2.45, 2.75) is 83.2 Å². The smallest absolute Gasteiger partial charge is 0.341 e. The van der Waals surface area contributed by atoms with E-state index in [1.807, 2.05) is 0 Å². The molecule has 170 valence electrons. The highest BCUT2D eigenvalue weighted by molar-refractivity contribution is 5.90. The Bertz CT molecular complexity index is 867. The van der Waals surface area contributed by atoms with Crippen LogP contribution in [0.4, 0.5) is 13.2 Å². The Labute approximate surface area is 181 Å².